The summed E-state index contributed by atoms with van der Waals surface area (Å²) in [5.74, 6) is 4.01. The monoisotopic (exact) mass is 931 g/mol. The normalized spacial score (nSPS) is 25.1. The Morgan fingerprint density at radius 2 is 0.955 bits per heavy atom. The lowest BCUT2D eigenvalue weighted by Gasteiger charge is -2.42. The highest BCUT2D eigenvalue weighted by Crippen LogP contribution is 2.37. The second-order valence-corrected chi connectivity index (χ2v) is 17.9. The number of aromatic hydroxyl groups is 2. The zero-order chi connectivity index (χ0) is 49.5. The Hall–Kier alpha value is -5.10. The molecular formula is C56H82O11. The van der Waals surface area contributed by atoms with Crippen LogP contribution in [0.5, 0.6) is 23.0 Å². The van der Waals surface area contributed by atoms with Gasteiger partial charge in [0.1, 0.15) is 13.2 Å². The van der Waals surface area contributed by atoms with Crippen LogP contribution in [0, 0.1) is 35.5 Å². The molecule has 11 heteroatoms. The van der Waals surface area contributed by atoms with Crippen LogP contribution >= 0.6 is 0 Å². The van der Waals surface area contributed by atoms with Gasteiger partial charge in [0.15, 0.2) is 23.0 Å². The van der Waals surface area contributed by atoms with E-state index >= 15 is 0 Å². The Morgan fingerprint density at radius 3 is 1.34 bits per heavy atom. The van der Waals surface area contributed by atoms with Gasteiger partial charge in [0, 0.05) is 14.6 Å². The minimum atomic E-state index is -0.551. The van der Waals surface area contributed by atoms with Crippen molar-refractivity contribution in [2.75, 3.05) is 27.4 Å². The molecule has 4 aromatic carbocycles. The molecule has 3 aliphatic rings. The molecule has 0 saturated carbocycles. The van der Waals surface area contributed by atoms with Crippen LogP contribution in [0.25, 0.3) is 0 Å². The summed E-state index contributed by atoms with van der Waals surface area (Å²) >= 11 is 0. The third kappa shape index (κ3) is 18.1. The lowest BCUT2D eigenvalue weighted by atomic mass is 9.76. The smallest absolute Gasteiger partial charge is 0.337 e. The van der Waals surface area contributed by atoms with Gasteiger partial charge in [-0.25, -0.2) is 9.59 Å². The molecule has 67 heavy (non-hydrogen) atoms. The average Bonchev–Trinajstić information content (AvgIpc) is 3.96. The first kappa shape index (κ1) is 56.2. The molecule has 0 bridgehead atoms. The first-order valence-electron chi connectivity index (χ1n) is 24.1. The van der Waals surface area contributed by atoms with Gasteiger partial charge in [-0.15, -0.1) is 0 Å². The Labute approximate surface area is 402 Å². The van der Waals surface area contributed by atoms with Gasteiger partial charge in [0.25, 0.3) is 0 Å². The maximum absolute atomic E-state index is 11.8. The Bertz CT molecular complexity index is 1960. The van der Waals surface area contributed by atoms with Gasteiger partial charge in [0.05, 0.1) is 49.8 Å². The van der Waals surface area contributed by atoms with Crippen molar-refractivity contribution in [1.82, 2.24) is 0 Å². The molecule has 7 rings (SSSR count). The molecule has 11 nitrogen and oxygen atoms in total. The van der Waals surface area contributed by atoms with Crippen LogP contribution in [0.15, 0.2) is 97.1 Å². The van der Waals surface area contributed by atoms with Crippen LogP contribution in [0.2, 0.25) is 0 Å². The van der Waals surface area contributed by atoms with E-state index in [4.69, 9.17) is 38.6 Å². The average molecular weight is 931 g/mol. The summed E-state index contributed by atoms with van der Waals surface area (Å²) in [6, 6.07) is 28.5. The van der Waals surface area contributed by atoms with Crippen LogP contribution in [0.4, 0.5) is 0 Å². The van der Waals surface area contributed by atoms with Crippen molar-refractivity contribution in [3.63, 3.8) is 0 Å². The van der Waals surface area contributed by atoms with Gasteiger partial charge in [-0.1, -0.05) is 116 Å². The lowest BCUT2D eigenvalue weighted by Crippen LogP contribution is -2.42. The van der Waals surface area contributed by atoms with Crippen molar-refractivity contribution in [3.05, 3.63) is 119 Å². The van der Waals surface area contributed by atoms with Crippen molar-refractivity contribution < 1.29 is 54.4 Å². The molecule has 2 N–H and O–H groups in total. The molecule has 3 heterocycles. The number of ether oxygens (including phenoxy) is 7. The number of esters is 2. The summed E-state index contributed by atoms with van der Waals surface area (Å²) in [7, 11) is 2.60. The van der Waals surface area contributed by atoms with Crippen LogP contribution in [-0.4, -0.2) is 74.0 Å². The van der Waals surface area contributed by atoms with Crippen LogP contribution in [0.1, 0.15) is 128 Å². The molecule has 3 aliphatic heterocycles. The van der Waals surface area contributed by atoms with E-state index < -0.39 is 11.9 Å². The number of hydrogen-bond acceptors (Lipinski definition) is 11. The van der Waals surface area contributed by atoms with Crippen molar-refractivity contribution in [3.8, 4) is 23.0 Å². The molecular weight excluding hydrogens is 849 g/mol. The summed E-state index contributed by atoms with van der Waals surface area (Å²) < 4.78 is 37.8. The third-order valence-corrected chi connectivity index (χ3v) is 13.6. The number of carbonyl (C=O) groups excluding carboxylic acids is 2. The molecule has 372 valence electrons. The van der Waals surface area contributed by atoms with E-state index in [-0.39, 0.29) is 18.5 Å². The van der Waals surface area contributed by atoms with Gasteiger partial charge >= 0.3 is 11.9 Å². The van der Waals surface area contributed by atoms with Gasteiger partial charge < -0.3 is 43.4 Å². The van der Waals surface area contributed by atoms with Gasteiger partial charge in [-0.3, -0.25) is 0 Å². The third-order valence-electron chi connectivity index (χ3n) is 13.6. The Balaban J connectivity index is 0.000000319. The molecule has 4 aromatic rings. The van der Waals surface area contributed by atoms with E-state index in [2.05, 4.69) is 74.0 Å². The fraction of sp³-hybridized carbons (Fsp3) is 0.536. The molecule has 10 atom stereocenters. The standard InChI is InChI=1S/C22H20O4.2C11H22O.C8H8O4.C4H8O.H2/c1-24-22(23)19-12-13-20(25-15-17-8-4-2-5-9-17)21(14-19)26-16-18-10-6-3-7-11-18;2*1-6-11-9(4)7(2)8(3)10(5)12-11;1-12-8(11)5-2-3-6(9)7(10)4-5;1-2-4-5-3-1;/h2-14H,15-16H2,1H3;2*7-11H,6H2,1-5H3;2-4,9-10H,1H3;1-4H2;1H/t;2*7-,8?,9+,10?,11?;;;/m.11.../s1. The topological polar surface area (TPSA) is 139 Å². The number of hydrogen-bond donors (Lipinski definition) is 2. The van der Waals surface area contributed by atoms with E-state index in [9.17, 15) is 9.59 Å². The highest BCUT2D eigenvalue weighted by atomic mass is 16.5. The van der Waals surface area contributed by atoms with Crippen LogP contribution in [-0.2, 0) is 36.9 Å². The predicted octanol–water partition coefficient (Wildman–Crippen LogP) is 12.7. The molecule has 0 radical (unpaired) electrons. The van der Waals surface area contributed by atoms with Crippen molar-refractivity contribution >= 4 is 11.9 Å². The highest BCUT2D eigenvalue weighted by molar-refractivity contribution is 5.90. The number of phenolic OH excluding ortho intramolecular Hbond substituents is 2. The van der Waals surface area contributed by atoms with Crippen molar-refractivity contribution in [1.29, 1.82) is 0 Å². The Morgan fingerprint density at radius 1 is 0.537 bits per heavy atom. The van der Waals surface area contributed by atoms with E-state index in [0.29, 0.717) is 66.5 Å². The van der Waals surface area contributed by atoms with Crippen LogP contribution in [0.3, 0.4) is 0 Å². The minimum Gasteiger partial charge on any atom is -0.504 e. The van der Waals surface area contributed by atoms with Gasteiger partial charge in [-0.05, 0) is 123 Å². The first-order valence-corrected chi connectivity index (χ1v) is 24.1. The molecule has 0 aliphatic carbocycles. The summed E-state index contributed by atoms with van der Waals surface area (Å²) in [6.45, 7) is 25.6. The number of rotatable bonds is 10. The van der Waals surface area contributed by atoms with E-state index in [1.807, 2.05) is 60.7 Å². The number of benzene rings is 4. The maximum Gasteiger partial charge on any atom is 0.337 e. The fourth-order valence-electron chi connectivity index (χ4n) is 8.21. The quantitative estimate of drug-likeness (QED) is 0.116. The number of carbonyl (C=O) groups is 2. The molecule has 0 amide bonds. The molecule has 0 spiro atoms. The van der Waals surface area contributed by atoms with E-state index in [1.165, 1.54) is 39.2 Å². The predicted molar refractivity (Wildman–Crippen MR) is 267 cm³/mol. The van der Waals surface area contributed by atoms with Crippen molar-refractivity contribution in [2.45, 2.75) is 133 Å². The zero-order valence-electron chi connectivity index (χ0n) is 42.2. The summed E-state index contributed by atoms with van der Waals surface area (Å²) in [4.78, 5) is 22.7. The highest BCUT2D eigenvalue weighted by Gasteiger charge is 2.36. The number of phenols is 2. The van der Waals surface area contributed by atoms with E-state index in [0.717, 1.165) is 66.9 Å². The van der Waals surface area contributed by atoms with Gasteiger partial charge in [0.2, 0.25) is 0 Å². The van der Waals surface area contributed by atoms with Crippen LogP contribution < -0.4 is 9.47 Å². The zero-order valence-corrected chi connectivity index (χ0v) is 42.2. The second-order valence-electron chi connectivity index (χ2n) is 17.9. The second kappa shape index (κ2) is 29.6. The molecule has 6 unspecified atom stereocenters. The molecule has 0 aromatic heterocycles. The summed E-state index contributed by atoms with van der Waals surface area (Å²) in [6.07, 6.45) is 6.74. The molecule has 3 saturated heterocycles. The fourth-order valence-corrected chi connectivity index (χ4v) is 8.21. The van der Waals surface area contributed by atoms with Crippen molar-refractivity contribution in [2.24, 2.45) is 35.5 Å². The minimum absolute atomic E-state index is 0. The Kier molecular flexibility index (Phi) is 24.9. The largest absolute Gasteiger partial charge is 0.504 e. The first-order chi connectivity index (χ1) is 32.1. The maximum atomic E-state index is 11.8. The SMILES string of the molecule is C1CCOC1.CCC1OC(C)C(C)[C@@H](C)[C@@H]1C.CCC1OC(C)C(C)[C@@H](C)[C@@H]1C.COC(=O)c1ccc(O)c(O)c1.COC(=O)c1ccc(OCc2ccccc2)c(OCc2ccccc2)c1.[HH]. The van der Waals surface area contributed by atoms with Gasteiger partial charge in [-0.2, -0.15) is 0 Å². The van der Waals surface area contributed by atoms with E-state index in [1.54, 1.807) is 18.2 Å². The summed E-state index contributed by atoms with van der Waals surface area (Å²) in [5, 5.41) is 17.9. The lowest BCUT2D eigenvalue weighted by molar-refractivity contribution is -0.125. The number of methoxy groups -OCH3 is 2. The summed E-state index contributed by atoms with van der Waals surface area (Å²) in [5.41, 5.74) is 2.71. The molecule has 3 fully saturated rings.